The summed E-state index contributed by atoms with van der Waals surface area (Å²) in [4.78, 5) is 21.1. The zero-order chi connectivity index (χ0) is 17.2. The minimum absolute atomic E-state index is 0.0777. The molecule has 4 rings (SSSR count). The molecule has 1 saturated heterocycles. The van der Waals surface area contributed by atoms with Crippen LogP contribution in [-0.2, 0) is 0 Å². The molecule has 7 heteroatoms. The van der Waals surface area contributed by atoms with E-state index in [-0.39, 0.29) is 6.03 Å². The lowest BCUT2D eigenvalue weighted by Crippen LogP contribution is -2.50. The number of urea groups is 1. The third kappa shape index (κ3) is 3.00. The van der Waals surface area contributed by atoms with Gasteiger partial charge in [0.1, 0.15) is 5.82 Å². The summed E-state index contributed by atoms with van der Waals surface area (Å²) in [6.45, 7) is 4.96. The second-order valence-electron chi connectivity index (χ2n) is 6.18. The van der Waals surface area contributed by atoms with Gasteiger partial charge in [-0.05, 0) is 30.7 Å². The smallest absolute Gasteiger partial charge is 0.321 e. The van der Waals surface area contributed by atoms with Gasteiger partial charge in [0.2, 0.25) is 0 Å². The number of amides is 2. The number of pyridine rings is 1. The Morgan fingerprint density at radius 3 is 2.80 bits per heavy atom. The predicted molar refractivity (Wildman–Crippen MR) is 97.9 cm³/mol. The second-order valence-corrected chi connectivity index (χ2v) is 6.18. The molecule has 0 bridgehead atoms. The lowest BCUT2D eigenvalue weighted by atomic mass is 10.2. The molecule has 0 spiro atoms. The van der Waals surface area contributed by atoms with Crippen LogP contribution in [0.3, 0.4) is 0 Å². The number of aromatic amines is 1. The number of benzene rings is 1. The summed E-state index contributed by atoms with van der Waals surface area (Å²) in [6.07, 6.45) is 3.54. The highest BCUT2D eigenvalue weighted by molar-refractivity contribution is 6.00. The Morgan fingerprint density at radius 1 is 1.16 bits per heavy atom. The van der Waals surface area contributed by atoms with Crippen LogP contribution in [0.5, 0.6) is 0 Å². The first-order valence-electron chi connectivity index (χ1n) is 8.37. The van der Waals surface area contributed by atoms with E-state index < -0.39 is 0 Å². The van der Waals surface area contributed by atoms with Crippen molar-refractivity contribution in [2.24, 2.45) is 0 Å². The highest BCUT2D eigenvalue weighted by Gasteiger charge is 2.23. The molecule has 1 aromatic carbocycles. The number of piperazine rings is 1. The van der Waals surface area contributed by atoms with E-state index in [1.165, 1.54) is 0 Å². The first kappa shape index (κ1) is 15.4. The minimum Gasteiger partial charge on any atom is -0.353 e. The number of fused-ring (bicyclic) bond motifs is 1. The fourth-order valence-corrected chi connectivity index (χ4v) is 3.20. The maximum Gasteiger partial charge on any atom is 0.321 e. The fourth-order valence-electron chi connectivity index (χ4n) is 3.20. The molecule has 0 unspecified atom stereocenters. The molecule has 0 aliphatic carbocycles. The van der Waals surface area contributed by atoms with Gasteiger partial charge < -0.3 is 15.1 Å². The maximum absolute atomic E-state index is 12.6. The van der Waals surface area contributed by atoms with E-state index in [1.807, 2.05) is 35.4 Å². The highest BCUT2D eigenvalue weighted by atomic mass is 16.2. The quantitative estimate of drug-likeness (QED) is 0.754. The van der Waals surface area contributed by atoms with Crippen LogP contribution in [0.2, 0.25) is 0 Å². The van der Waals surface area contributed by atoms with Gasteiger partial charge >= 0.3 is 6.03 Å². The van der Waals surface area contributed by atoms with Gasteiger partial charge in [0.05, 0.1) is 17.4 Å². The lowest BCUT2D eigenvalue weighted by molar-refractivity contribution is 0.208. The number of anilines is 2. The predicted octanol–water partition coefficient (Wildman–Crippen LogP) is 2.62. The van der Waals surface area contributed by atoms with E-state index in [1.54, 1.807) is 6.20 Å². The lowest BCUT2D eigenvalue weighted by Gasteiger charge is -2.36. The summed E-state index contributed by atoms with van der Waals surface area (Å²) < 4.78 is 0. The van der Waals surface area contributed by atoms with Crippen molar-refractivity contribution in [2.45, 2.75) is 6.92 Å². The van der Waals surface area contributed by atoms with E-state index in [0.29, 0.717) is 13.1 Å². The number of H-pyrrole nitrogens is 1. The first-order valence-corrected chi connectivity index (χ1v) is 8.37. The first-order chi connectivity index (χ1) is 12.2. The Balaban J connectivity index is 1.42. The van der Waals surface area contributed by atoms with Crippen molar-refractivity contribution in [2.75, 3.05) is 36.4 Å². The Morgan fingerprint density at radius 2 is 2.00 bits per heavy atom. The van der Waals surface area contributed by atoms with Crippen LogP contribution in [0, 0.1) is 6.92 Å². The van der Waals surface area contributed by atoms with E-state index in [0.717, 1.165) is 41.1 Å². The summed E-state index contributed by atoms with van der Waals surface area (Å²) in [5.74, 6) is 1.01. The summed E-state index contributed by atoms with van der Waals surface area (Å²) in [5, 5.41) is 10.9. The van der Waals surface area contributed by atoms with Crippen LogP contribution in [0.4, 0.5) is 16.3 Å². The van der Waals surface area contributed by atoms with Gasteiger partial charge in [-0.3, -0.25) is 5.10 Å². The standard InChI is InChI=1S/C18H20N6O/c1-13-4-3-7-19-17(13)23-8-10-24(11-9-23)18(25)21-15-5-2-6-16-14(15)12-20-22-16/h2-7,12H,8-11H2,1H3,(H,20,22)(H,21,25). The molecule has 3 aromatic rings. The molecule has 2 amide bonds. The normalized spacial score (nSPS) is 14.8. The van der Waals surface area contributed by atoms with Crippen LogP contribution in [0.25, 0.3) is 10.9 Å². The third-order valence-corrected chi connectivity index (χ3v) is 4.57. The van der Waals surface area contributed by atoms with Gasteiger partial charge in [-0.1, -0.05) is 12.1 Å². The monoisotopic (exact) mass is 336 g/mol. The molecule has 0 atom stereocenters. The average Bonchev–Trinajstić information content (AvgIpc) is 3.12. The van der Waals surface area contributed by atoms with Crippen molar-refractivity contribution < 1.29 is 4.79 Å². The van der Waals surface area contributed by atoms with E-state index in [2.05, 4.69) is 38.4 Å². The molecule has 7 nitrogen and oxygen atoms in total. The molecular weight excluding hydrogens is 316 g/mol. The van der Waals surface area contributed by atoms with Crippen LogP contribution < -0.4 is 10.2 Å². The maximum atomic E-state index is 12.6. The number of aromatic nitrogens is 3. The van der Waals surface area contributed by atoms with Gasteiger partial charge in [-0.2, -0.15) is 5.10 Å². The zero-order valence-electron chi connectivity index (χ0n) is 14.1. The highest BCUT2D eigenvalue weighted by Crippen LogP contribution is 2.22. The second kappa shape index (κ2) is 6.43. The SMILES string of the molecule is Cc1cccnc1N1CCN(C(=O)Nc2cccc3[nH]ncc23)CC1. The van der Waals surface area contributed by atoms with Crippen LogP contribution in [-0.4, -0.2) is 52.3 Å². The van der Waals surface area contributed by atoms with Crippen molar-refractivity contribution in [1.29, 1.82) is 0 Å². The number of carbonyl (C=O) groups is 1. The molecule has 2 N–H and O–H groups in total. The zero-order valence-corrected chi connectivity index (χ0v) is 14.1. The molecule has 25 heavy (non-hydrogen) atoms. The number of carbonyl (C=O) groups excluding carboxylic acids is 1. The van der Waals surface area contributed by atoms with Crippen molar-refractivity contribution in [3.05, 3.63) is 48.3 Å². The Hall–Kier alpha value is -3.09. The molecule has 0 saturated carbocycles. The van der Waals surface area contributed by atoms with E-state index in [4.69, 9.17) is 0 Å². The topological polar surface area (TPSA) is 77.2 Å². The Labute approximate surface area is 145 Å². The number of hydrogen-bond acceptors (Lipinski definition) is 4. The molecule has 1 aliphatic heterocycles. The van der Waals surface area contributed by atoms with Crippen LogP contribution in [0.1, 0.15) is 5.56 Å². The van der Waals surface area contributed by atoms with Gasteiger partial charge in [-0.15, -0.1) is 0 Å². The van der Waals surface area contributed by atoms with Crippen molar-refractivity contribution in [3.8, 4) is 0 Å². The fraction of sp³-hybridized carbons (Fsp3) is 0.278. The molecule has 1 fully saturated rings. The third-order valence-electron chi connectivity index (χ3n) is 4.57. The average molecular weight is 336 g/mol. The van der Waals surface area contributed by atoms with E-state index >= 15 is 0 Å². The summed E-state index contributed by atoms with van der Waals surface area (Å²) in [6, 6.07) is 9.66. The van der Waals surface area contributed by atoms with Crippen molar-refractivity contribution in [1.82, 2.24) is 20.1 Å². The number of rotatable bonds is 2. The Kier molecular flexibility index (Phi) is 3.97. The molecule has 1 aliphatic rings. The minimum atomic E-state index is -0.0777. The van der Waals surface area contributed by atoms with Gasteiger partial charge in [-0.25, -0.2) is 9.78 Å². The van der Waals surface area contributed by atoms with Gasteiger partial charge in [0.25, 0.3) is 0 Å². The number of nitrogens with zero attached hydrogens (tertiary/aromatic N) is 4. The summed E-state index contributed by atoms with van der Waals surface area (Å²) in [7, 11) is 0. The molecule has 3 heterocycles. The largest absolute Gasteiger partial charge is 0.353 e. The molecule has 2 aromatic heterocycles. The van der Waals surface area contributed by atoms with Crippen LogP contribution >= 0.6 is 0 Å². The van der Waals surface area contributed by atoms with E-state index in [9.17, 15) is 4.79 Å². The molecular formula is C18H20N6O. The van der Waals surface area contributed by atoms with Crippen molar-refractivity contribution in [3.63, 3.8) is 0 Å². The van der Waals surface area contributed by atoms with Crippen LogP contribution in [0.15, 0.2) is 42.7 Å². The number of aryl methyl sites for hydroxylation is 1. The Bertz CT molecular complexity index is 897. The van der Waals surface area contributed by atoms with Gasteiger partial charge in [0.15, 0.2) is 0 Å². The van der Waals surface area contributed by atoms with Gasteiger partial charge in [0, 0.05) is 37.8 Å². The summed E-state index contributed by atoms with van der Waals surface area (Å²) in [5.41, 5.74) is 2.85. The summed E-state index contributed by atoms with van der Waals surface area (Å²) >= 11 is 0. The number of nitrogens with one attached hydrogen (secondary N) is 2. The number of hydrogen-bond donors (Lipinski definition) is 2. The van der Waals surface area contributed by atoms with Crippen molar-refractivity contribution >= 4 is 28.4 Å². The molecule has 128 valence electrons. The molecule has 0 radical (unpaired) electrons.